The molecule has 0 aromatic heterocycles. The van der Waals surface area contributed by atoms with E-state index in [1.54, 1.807) is 0 Å². The first-order valence-corrected chi connectivity index (χ1v) is 2.42. The molecule has 7 heavy (non-hydrogen) atoms. The van der Waals surface area contributed by atoms with Crippen LogP contribution in [-0.4, -0.2) is 30.6 Å². The summed E-state index contributed by atoms with van der Waals surface area (Å²) in [5.74, 6) is 0.491. The average Bonchev–Trinajstić information content (AvgIpc) is 1.65. The molecule has 1 nitrogen and oxygen atoms in total. The van der Waals surface area contributed by atoms with Crippen molar-refractivity contribution in [1.82, 2.24) is 0 Å². The zero-order valence-corrected chi connectivity index (χ0v) is 4.44. The minimum absolute atomic E-state index is 0. The van der Waals surface area contributed by atoms with Crippen LogP contribution in [0.5, 0.6) is 0 Å². The van der Waals surface area contributed by atoms with Gasteiger partial charge in [0.25, 0.3) is 0 Å². The Morgan fingerprint density at radius 3 is 2.00 bits per heavy atom. The molecule has 0 aliphatic carbocycles. The van der Waals surface area contributed by atoms with Crippen molar-refractivity contribution < 1.29 is 5.11 Å². The van der Waals surface area contributed by atoms with Crippen LogP contribution in [0.2, 0.25) is 0 Å². The minimum atomic E-state index is 0. The molecule has 0 amide bonds. The predicted octanol–water partition coefficient (Wildman–Crippen LogP) is 0.376. The van der Waals surface area contributed by atoms with Crippen LogP contribution in [0.1, 0.15) is 20.3 Å². The van der Waals surface area contributed by atoms with Gasteiger partial charge in [0.2, 0.25) is 0 Å². The molecule has 0 saturated heterocycles. The van der Waals surface area contributed by atoms with Gasteiger partial charge in [-0.05, 0) is 5.92 Å². The Bertz CT molecular complexity index is 27.3. The van der Waals surface area contributed by atoms with Gasteiger partial charge in [0, 0.05) is 6.61 Å². The van der Waals surface area contributed by atoms with Gasteiger partial charge in [0.15, 0.2) is 0 Å². The van der Waals surface area contributed by atoms with Crippen molar-refractivity contribution in [3.05, 3.63) is 0 Å². The Balaban J connectivity index is 0. The van der Waals surface area contributed by atoms with Gasteiger partial charge in [0.1, 0.15) is 0 Å². The van der Waals surface area contributed by atoms with Crippen LogP contribution in [0.15, 0.2) is 0 Å². The number of aliphatic hydroxyl groups is 1. The van der Waals surface area contributed by atoms with E-state index in [1.807, 2.05) is 6.92 Å². The Hall–Kier alpha value is 0.557. The normalized spacial score (nSPS) is 12.4. The molecule has 0 bridgehead atoms. The summed E-state index contributed by atoms with van der Waals surface area (Å²) in [4.78, 5) is 0. The summed E-state index contributed by atoms with van der Waals surface area (Å²) in [7, 11) is 0. The Morgan fingerprint density at radius 1 is 1.57 bits per heavy atom. The monoisotopic (exact) mass is 96.1 g/mol. The summed E-state index contributed by atoms with van der Waals surface area (Å²) in [6.45, 7) is 4.43. The topological polar surface area (TPSA) is 20.2 Å². The summed E-state index contributed by atoms with van der Waals surface area (Å²) in [5.41, 5.74) is 0. The second-order valence-electron chi connectivity index (χ2n) is 1.70. The third-order valence-electron chi connectivity index (χ3n) is 1.01. The van der Waals surface area contributed by atoms with Crippen molar-refractivity contribution in [3.8, 4) is 0 Å². The summed E-state index contributed by atoms with van der Waals surface area (Å²) < 4.78 is 0. The zero-order valence-electron chi connectivity index (χ0n) is 4.44. The van der Waals surface area contributed by atoms with Crippen molar-refractivity contribution in [1.29, 1.82) is 0 Å². The molecule has 0 rings (SSSR count). The van der Waals surface area contributed by atoms with Crippen molar-refractivity contribution in [2.75, 3.05) is 6.61 Å². The van der Waals surface area contributed by atoms with E-state index in [-0.39, 0.29) is 18.9 Å². The van der Waals surface area contributed by atoms with Crippen LogP contribution >= 0.6 is 0 Å². The van der Waals surface area contributed by atoms with E-state index in [9.17, 15) is 0 Å². The third kappa shape index (κ3) is 6.56. The fraction of sp³-hybridized carbons (Fsp3) is 1.00. The molecule has 0 aromatic rings. The molecule has 0 heterocycles. The Labute approximate surface area is 57.3 Å². The van der Waals surface area contributed by atoms with E-state index in [0.29, 0.717) is 12.5 Å². The van der Waals surface area contributed by atoms with Crippen LogP contribution in [0.4, 0.5) is 0 Å². The molecular formula is C5H13LiO. The molecule has 0 fully saturated rings. The Morgan fingerprint density at radius 2 is 2.00 bits per heavy atom. The molecule has 0 spiro atoms. The number of hydrogen-bond donors (Lipinski definition) is 1. The van der Waals surface area contributed by atoms with Crippen molar-refractivity contribution in [2.45, 2.75) is 20.3 Å². The zero-order chi connectivity index (χ0) is 4.99. The van der Waals surface area contributed by atoms with Gasteiger partial charge >= 0.3 is 18.9 Å². The van der Waals surface area contributed by atoms with Gasteiger partial charge in [0.05, 0.1) is 0 Å². The Kier molecular flexibility index (Phi) is 9.86. The molecule has 0 aromatic carbocycles. The van der Waals surface area contributed by atoms with Gasteiger partial charge in [-0.3, -0.25) is 0 Å². The molecule has 0 aliphatic rings. The van der Waals surface area contributed by atoms with E-state index in [4.69, 9.17) is 5.11 Å². The van der Waals surface area contributed by atoms with Crippen LogP contribution < -0.4 is 0 Å². The van der Waals surface area contributed by atoms with Crippen molar-refractivity contribution >= 4 is 18.9 Å². The summed E-state index contributed by atoms with van der Waals surface area (Å²) in [6, 6.07) is 0. The molecule has 0 saturated carbocycles. The summed E-state index contributed by atoms with van der Waals surface area (Å²) in [6.07, 6.45) is 1.08. The van der Waals surface area contributed by atoms with Crippen LogP contribution in [0.3, 0.4) is 0 Å². The number of hydrogen-bond acceptors (Lipinski definition) is 1. The van der Waals surface area contributed by atoms with E-state index < -0.39 is 0 Å². The quantitative estimate of drug-likeness (QED) is 0.492. The first kappa shape index (κ1) is 10.5. The van der Waals surface area contributed by atoms with Crippen molar-refractivity contribution in [2.24, 2.45) is 5.92 Å². The molecular weight excluding hydrogens is 83.0 g/mol. The molecule has 1 atom stereocenters. The third-order valence-corrected chi connectivity index (χ3v) is 1.01. The molecule has 1 N–H and O–H groups in total. The van der Waals surface area contributed by atoms with E-state index in [2.05, 4.69) is 6.92 Å². The van der Waals surface area contributed by atoms with E-state index >= 15 is 0 Å². The molecule has 1 unspecified atom stereocenters. The number of aliphatic hydroxyl groups excluding tert-OH is 1. The second kappa shape index (κ2) is 6.56. The SMILES string of the molecule is CCC(C)CO.[LiH]. The van der Waals surface area contributed by atoms with Gasteiger partial charge in [-0.2, -0.15) is 0 Å². The number of rotatable bonds is 2. The summed E-state index contributed by atoms with van der Waals surface area (Å²) >= 11 is 0. The van der Waals surface area contributed by atoms with Gasteiger partial charge in [-0.25, -0.2) is 0 Å². The van der Waals surface area contributed by atoms with Gasteiger partial charge in [-0.15, -0.1) is 0 Å². The molecule has 0 radical (unpaired) electrons. The van der Waals surface area contributed by atoms with Crippen molar-refractivity contribution in [3.63, 3.8) is 0 Å². The fourth-order valence-corrected chi connectivity index (χ4v) is 0.129. The van der Waals surface area contributed by atoms with Crippen LogP contribution in [0, 0.1) is 5.92 Å². The van der Waals surface area contributed by atoms with Crippen LogP contribution in [-0.2, 0) is 0 Å². The second-order valence-corrected chi connectivity index (χ2v) is 1.70. The molecule has 40 valence electrons. The standard InChI is InChI=1S/C5H12O.Li.H/c1-3-5(2)4-6;;/h5-6H,3-4H2,1-2H3;;. The van der Waals surface area contributed by atoms with Gasteiger partial charge in [-0.1, -0.05) is 20.3 Å². The average molecular weight is 96.1 g/mol. The fourth-order valence-electron chi connectivity index (χ4n) is 0.129. The summed E-state index contributed by atoms with van der Waals surface area (Å²) in [5, 5.41) is 8.33. The first-order valence-electron chi connectivity index (χ1n) is 2.42. The maximum absolute atomic E-state index is 8.33. The maximum atomic E-state index is 8.33. The van der Waals surface area contributed by atoms with E-state index in [1.165, 1.54) is 0 Å². The van der Waals surface area contributed by atoms with Crippen LogP contribution in [0.25, 0.3) is 0 Å². The molecule has 0 aliphatic heterocycles. The van der Waals surface area contributed by atoms with Gasteiger partial charge < -0.3 is 5.11 Å². The molecule has 2 heteroatoms. The first-order chi connectivity index (χ1) is 2.81. The van der Waals surface area contributed by atoms with E-state index in [0.717, 1.165) is 6.42 Å². The predicted molar refractivity (Wildman–Crippen MR) is 33.7 cm³/mol.